The fraction of sp³-hybridized carbons (Fsp3) is 0.429. The number of nitrogens with zero attached hydrogens (tertiary/aromatic N) is 6. The SMILES string of the molecule is COc1nc2ccc(C(O)(c3ccc(C)nc3C)c3cnnn3C)cc2c(Cl)c1CN1CCC(C)CC1. The van der Waals surface area contributed by atoms with E-state index in [2.05, 4.69) is 27.1 Å². The van der Waals surface area contributed by atoms with Gasteiger partial charge >= 0.3 is 0 Å². The monoisotopic (exact) mass is 520 g/mol. The fourth-order valence-corrected chi connectivity index (χ4v) is 5.64. The van der Waals surface area contributed by atoms with Crippen molar-refractivity contribution < 1.29 is 9.84 Å². The standard InChI is InChI=1S/C28H33ClN6O2/c1-17-10-12-35(13-11-17)16-22-26(29)21-14-20(7-9-24(21)32-27(22)37-5)28(36,25-15-30-33-34(25)4)23-8-6-18(2)31-19(23)3/h6-9,14-15,17,36H,10-13,16H2,1-5H3. The van der Waals surface area contributed by atoms with Gasteiger partial charge in [-0.05, 0) is 69.5 Å². The lowest BCUT2D eigenvalue weighted by Crippen LogP contribution is -2.33. The van der Waals surface area contributed by atoms with Crippen LogP contribution in [0.5, 0.6) is 5.88 Å². The summed E-state index contributed by atoms with van der Waals surface area (Å²) in [5, 5.41) is 21.9. The molecule has 1 aliphatic rings. The highest BCUT2D eigenvalue weighted by molar-refractivity contribution is 6.36. The fourth-order valence-electron chi connectivity index (χ4n) is 5.34. The highest BCUT2D eigenvalue weighted by Gasteiger charge is 2.39. The Hall–Kier alpha value is -3.07. The molecule has 0 saturated carbocycles. The molecule has 1 unspecified atom stereocenters. The minimum atomic E-state index is -1.55. The number of likely N-dealkylation sites (tertiary alicyclic amines) is 1. The number of aliphatic hydroxyl groups is 1. The van der Waals surface area contributed by atoms with Crippen LogP contribution in [0.1, 0.15) is 53.5 Å². The van der Waals surface area contributed by atoms with E-state index in [9.17, 15) is 5.11 Å². The molecule has 4 heterocycles. The van der Waals surface area contributed by atoms with Crippen molar-refractivity contribution in [3.8, 4) is 5.88 Å². The number of pyridine rings is 2. The van der Waals surface area contributed by atoms with Gasteiger partial charge in [0, 0.05) is 41.5 Å². The topological polar surface area (TPSA) is 89.2 Å². The lowest BCUT2D eigenvalue weighted by Gasteiger charge is -2.31. The third-order valence-electron chi connectivity index (χ3n) is 7.55. The summed E-state index contributed by atoms with van der Waals surface area (Å²) in [5.41, 5.74) is 3.43. The van der Waals surface area contributed by atoms with Gasteiger partial charge in [0.15, 0.2) is 5.60 Å². The van der Waals surface area contributed by atoms with Gasteiger partial charge in [0.25, 0.3) is 0 Å². The van der Waals surface area contributed by atoms with Crippen LogP contribution in [0, 0.1) is 19.8 Å². The second kappa shape index (κ2) is 10.0. The number of halogens is 1. The van der Waals surface area contributed by atoms with E-state index in [1.54, 1.807) is 25.0 Å². The van der Waals surface area contributed by atoms with Crippen molar-refractivity contribution in [2.24, 2.45) is 13.0 Å². The van der Waals surface area contributed by atoms with Crippen LogP contribution in [0.15, 0.2) is 36.5 Å². The van der Waals surface area contributed by atoms with Crippen molar-refractivity contribution in [3.05, 3.63) is 75.3 Å². The zero-order valence-corrected chi connectivity index (χ0v) is 22.7. The molecule has 8 nitrogen and oxygen atoms in total. The zero-order chi connectivity index (χ0) is 26.3. The Morgan fingerprint density at radius 1 is 1.14 bits per heavy atom. The largest absolute Gasteiger partial charge is 0.481 e. The predicted octanol–water partition coefficient (Wildman–Crippen LogP) is 4.55. The van der Waals surface area contributed by atoms with E-state index in [0.717, 1.165) is 41.3 Å². The first kappa shape index (κ1) is 25.6. The number of methoxy groups -OCH3 is 1. The van der Waals surface area contributed by atoms with Crippen molar-refractivity contribution in [1.82, 2.24) is 29.9 Å². The van der Waals surface area contributed by atoms with Crippen LogP contribution in [0.25, 0.3) is 10.9 Å². The van der Waals surface area contributed by atoms with Gasteiger partial charge in [0.05, 0.1) is 29.5 Å². The van der Waals surface area contributed by atoms with E-state index >= 15 is 0 Å². The van der Waals surface area contributed by atoms with Gasteiger partial charge in [-0.3, -0.25) is 9.88 Å². The molecule has 1 saturated heterocycles. The summed E-state index contributed by atoms with van der Waals surface area (Å²) in [4.78, 5) is 11.8. The van der Waals surface area contributed by atoms with E-state index in [0.29, 0.717) is 39.8 Å². The molecule has 194 valence electrons. The van der Waals surface area contributed by atoms with Crippen LogP contribution in [0.4, 0.5) is 0 Å². The smallest absolute Gasteiger partial charge is 0.219 e. The summed E-state index contributed by atoms with van der Waals surface area (Å²) in [5.74, 6) is 1.28. The Balaban J connectivity index is 1.67. The molecule has 0 radical (unpaired) electrons. The van der Waals surface area contributed by atoms with Crippen LogP contribution < -0.4 is 4.74 Å². The Morgan fingerprint density at radius 2 is 1.89 bits per heavy atom. The molecule has 0 amide bonds. The number of aromatic nitrogens is 5. The van der Waals surface area contributed by atoms with Crippen molar-refractivity contribution in [2.75, 3.05) is 20.2 Å². The van der Waals surface area contributed by atoms with E-state index < -0.39 is 5.60 Å². The zero-order valence-electron chi connectivity index (χ0n) is 22.0. The summed E-state index contributed by atoms with van der Waals surface area (Å²) in [6, 6.07) is 9.46. The lowest BCUT2D eigenvalue weighted by molar-refractivity contribution is 0.115. The van der Waals surface area contributed by atoms with Gasteiger partial charge in [0.2, 0.25) is 5.88 Å². The minimum absolute atomic E-state index is 0.529. The summed E-state index contributed by atoms with van der Waals surface area (Å²) in [6.07, 6.45) is 3.92. The molecule has 4 aromatic rings. The minimum Gasteiger partial charge on any atom is -0.481 e. The first-order valence-corrected chi connectivity index (χ1v) is 13.0. The van der Waals surface area contributed by atoms with Gasteiger partial charge in [0.1, 0.15) is 0 Å². The van der Waals surface area contributed by atoms with Crippen LogP contribution in [-0.4, -0.2) is 55.2 Å². The van der Waals surface area contributed by atoms with E-state index in [-0.39, 0.29) is 0 Å². The second-order valence-corrected chi connectivity index (χ2v) is 10.5. The van der Waals surface area contributed by atoms with Gasteiger partial charge in [-0.2, -0.15) is 0 Å². The van der Waals surface area contributed by atoms with Crippen molar-refractivity contribution in [2.45, 2.75) is 45.8 Å². The molecule has 1 aliphatic heterocycles. The summed E-state index contributed by atoms with van der Waals surface area (Å²) < 4.78 is 7.25. The van der Waals surface area contributed by atoms with E-state index in [1.807, 2.05) is 44.2 Å². The molecule has 0 spiro atoms. The summed E-state index contributed by atoms with van der Waals surface area (Å²) >= 11 is 7.08. The molecule has 5 rings (SSSR count). The van der Waals surface area contributed by atoms with Gasteiger partial charge < -0.3 is 9.84 Å². The number of aryl methyl sites for hydroxylation is 3. The molecule has 1 atom stereocenters. The summed E-state index contributed by atoms with van der Waals surface area (Å²) in [7, 11) is 3.39. The molecule has 9 heteroatoms. The maximum atomic E-state index is 12.4. The molecular formula is C28H33ClN6O2. The number of benzene rings is 1. The number of ether oxygens (including phenoxy) is 1. The van der Waals surface area contributed by atoms with Crippen molar-refractivity contribution >= 4 is 22.5 Å². The molecule has 1 aromatic carbocycles. The van der Waals surface area contributed by atoms with Gasteiger partial charge in [-0.15, -0.1) is 5.10 Å². The maximum Gasteiger partial charge on any atom is 0.219 e. The third-order valence-corrected chi connectivity index (χ3v) is 7.98. The van der Waals surface area contributed by atoms with Gasteiger partial charge in [-0.1, -0.05) is 35.9 Å². The van der Waals surface area contributed by atoms with Crippen LogP contribution in [0.2, 0.25) is 5.02 Å². The number of rotatable bonds is 6. The quantitative estimate of drug-likeness (QED) is 0.399. The molecule has 1 fully saturated rings. The third kappa shape index (κ3) is 4.58. The Labute approximate surface area is 222 Å². The van der Waals surface area contributed by atoms with Crippen LogP contribution >= 0.6 is 11.6 Å². The number of hydrogen-bond donors (Lipinski definition) is 1. The first-order chi connectivity index (χ1) is 17.7. The van der Waals surface area contributed by atoms with Crippen LogP contribution in [0.3, 0.4) is 0 Å². The number of piperidine rings is 1. The Bertz CT molecular complexity index is 1450. The predicted molar refractivity (Wildman–Crippen MR) is 144 cm³/mol. The molecule has 0 aliphatic carbocycles. The van der Waals surface area contributed by atoms with E-state index in [1.165, 1.54) is 12.8 Å². The maximum absolute atomic E-state index is 12.4. The average molecular weight is 521 g/mol. The molecule has 3 aromatic heterocycles. The van der Waals surface area contributed by atoms with Crippen LogP contribution in [-0.2, 0) is 19.2 Å². The second-order valence-electron chi connectivity index (χ2n) is 10.1. The number of fused-ring (bicyclic) bond motifs is 1. The molecule has 0 bridgehead atoms. The van der Waals surface area contributed by atoms with Gasteiger partial charge in [-0.25, -0.2) is 9.67 Å². The van der Waals surface area contributed by atoms with E-state index in [4.69, 9.17) is 21.3 Å². The lowest BCUT2D eigenvalue weighted by atomic mass is 9.82. The highest BCUT2D eigenvalue weighted by Crippen LogP contribution is 2.41. The normalized spacial score (nSPS) is 16.7. The molecular weight excluding hydrogens is 488 g/mol. The Kier molecular flexibility index (Phi) is 6.91. The average Bonchev–Trinajstić information content (AvgIpc) is 3.32. The first-order valence-electron chi connectivity index (χ1n) is 12.6. The molecule has 1 N–H and O–H groups in total. The summed E-state index contributed by atoms with van der Waals surface area (Å²) in [6.45, 7) is 8.83. The molecule has 37 heavy (non-hydrogen) atoms. The highest BCUT2D eigenvalue weighted by atomic mass is 35.5. The van der Waals surface area contributed by atoms with Crippen molar-refractivity contribution in [1.29, 1.82) is 0 Å². The number of hydrogen-bond acceptors (Lipinski definition) is 7. The van der Waals surface area contributed by atoms with Crippen molar-refractivity contribution in [3.63, 3.8) is 0 Å². The Morgan fingerprint density at radius 3 is 2.54 bits per heavy atom.